The number of benzene rings is 1. The van der Waals surface area contributed by atoms with Crippen molar-refractivity contribution >= 4 is 11.8 Å². The number of hydrogen-bond acceptors (Lipinski definition) is 3. The zero-order valence-corrected chi connectivity index (χ0v) is 7.65. The second kappa shape index (κ2) is 2.92. The fourth-order valence-electron chi connectivity index (χ4n) is 1.63. The van der Waals surface area contributed by atoms with E-state index in [4.69, 9.17) is 5.11 Å². The minimum absolute atomic E-state index is 0.379. The predicted molar refractivity (Wildman–Crippen MR) is 48.8 cm³/mol. The molecule has 4 nitrogen and oxygen atoms in total. The zero-order chi connectivity index (χ0) is 10.3. The van der Waals surface area contributed by atoms with Crippen LogP contribution in [0, 0.1) is 6.92 Å². The molecule has 1 N–H and O–H groups in total. The van der Waals surface area contributed by atoms with Crippen LogP contribution in [0.1, 0.15) is 26.3 Å². The van der Waals surface area contributed by atoms with Crippen molar-refractivity contribution in [3.8, 4) is 0 Å². The Morgan fingerprint density at radius 3 is 2.57 bits per heavy atom. The lowest BCUT2D eigenvalue weighted by Crippen LogP contribution is -2.30. The fourth-order valence-corrected chi connectivity index (χ4v) is 1.63. The van der Waals surface area contributed by atoms with E-state index in [1.807, 2.05) is 0 Å². The summed E-state index contributed by atoms with van der Waals surface area (Å²) in [5.41, 5.74) is 1.55. The molecule has 1 aromatic rings. The third-order valence-electron chi connectivity index (χ3n) is 2.35. The number of imide groups is 1. The number of amides is 2. The van der Waals surface area contributed by atoms with Gasteiger partial charge in [-0.25, -0.2) is 0 Å². The van der Waals surface area contributed by atoms with Crippen LogP contribution in [-0.4, -0.2) is 28.6 Å². The van der Waals surface area contributed by atoms with E-state index >= 15 is 0 Å². The van der Waals surface area contributed by atoms with Gasteiger partial charge in [0.05, 0.1) is 11.1 Å². The first kappa shape index (κ1) is 8.90. The maximum Gasteiger partial charge on any atom is 0.263 e. The lowest BCUT2D eigenvalue weighted by atomic mass is 10.0. The number of rotatable bonds is 1. The van der Waals surface area contributed by atoms with Crippen molar-refractivity contribution in [3.63, 3.8) is 0 Å². The zero-order valence-electron chi connectivity index (χ0n) is 7.65. The predicted octanol–water partition coefficient (Wildman–Crippen LogP) is 0.541. The van der Waals surface area contributed by atoms with Gasteiger partial charge in [-0.3, -0.25) is 14.5 Å². The van der Waals surface area contributed by atoms with Crippen LogP contribution in [0.3, 0.4) is 0 Å². The van der Waals surface area contributed by atoms with E-state index in [2.05, 4.69) is 0 Å². The van der Waals surface area contributed by atoms with Gasteiger partial charge in [-0.05, 0) is 18.6 Å². The number of fused-ring (bicyclic) bond motifs is 1. The number of aliphatic hydroxyl groups excluding tert-OH is 1. The van der Waals surface area contributed by atoms with Crippen LogP contribution in [0.2, 0.25) is 0 Å². The number of carbonyl (C=O) groups excluding carboxylic acids is 2. The molecule has 0 aromatic heterocycles. The summed E-state index contributed by atoms with van der Waals surface area (Å²) in [6, 6.07) is 5.09. The fraction of sp³-hybridized carbons (Fsp3) is 0.200. The summed E-state index contributed by atoms with van der Waals surface area (Å²) in [5, 5.41) is 8.85. The SMILES string of the molecule is Cc1cccc2c1C(=O)N(CO)C2=O. The van der Waals surface area contributed by atoms with Crippen molar-refractivity contribution in [2.24, 2.45) is 0 Å². The van der Waals surface area contributed by atoms with Crippen molar-refractivity contribution in [1.29, 1.82) is 0 Å². The van der Waals surface area contributed by atoms with E-state index in [1.54, 1.807) is 25.1 Å². The standard InChI is InChI=1S/C10H9NO3/c1-6-3-2-4-7-8(6)10(14)11(5-12)9(7)13/h2-4,12H,5H2,1H3. The molecule has 2 rings (SSSR count). The Morgan fingerprint density at radius 2 is 2.00 bits per heavy atom. The van der Waals surface area contributed by atoms with E-state index in [-0.39, 0.29) is 0 Å². The van der Waals surface area contributed by atoms with Crippen molar-refractivity contribution < 1.29 is 14.7 Å². The quantitative estimate of drug-likeness (QED) is 0.659. The van der Waals surface area contributed by atoms with Crippen LogP contribution in [-0.2, 0) is 0 Å². The number of carbonyl (C=O) groups is 2. The summed E-state index contributed by atoms with van der Waals surface area (Å²) in [7, 11) is 0. The Morgan fingerprint density at radius 1 is 1.29 bits per heavy atom. The van der Waals surface area contributed by atoms with Gasteiger partial charge in [-0.1, -0.05) is 12.1 Å². The first-order valence-corrected chi connectivity index (χ1v) is 4.23. The molecule has 1 aliphatic heterocycles. The Labute approximate surface area is 80.8 Å². The van der Waals surface area contributed by atoms with E-state index in [0.29, 0.717) is 11.1 Å². The largest absolute Gasteiger partial charge is 0.376 e. The van der Waals surface area contributed by atoms with Crippen molar-refractivity contribution in [2.75, 3.05) is 6.73 Å². The molecule has 1 aromatic carbocycles. The Balaban J connectivity index is 2.64. The molecular formula is C10H9NO3. The highest BCUT2D eigenvalue weighted by molar-refractivity contribution is 6.21. The van der Waals surface area contributed by atoms with Crippen LogP contribution in [0.25, 0.3) is 0 Å². The van der Waals surface area contributed by atoms with Crippen LogP contribution in [0.4, 0.5) is 0 Å². The van der Waals surface area contributed by atoms with E-state index in [1.165, 1.54) is 0 Å². The topological polar surface area (TPSA) is 57.6 Å². The summed E-state index contributed by atoms with van der Waals surface area (Å²) in [6.07, 6.45) is 0. The highest BCUT2D eigenvalue weighted by Crippen LogP contribution is 2.24. The second-order valence-corrected chi connectivity index (χ2v) is 3.18. The van der Waals surface area contributed by atoms with Gasteiger partial charge >= 0.3 is 0 Å². The van der Waals surface area contributed by atoms with Gasteiger partial charge in [0, 0.05) is 0 Å². The molecule has 0 fully saturated rings. The first-order chi connectivity index (χ1) is 6.66. The highest BCUT2D eigenvalue weighted by Gasteiger charge is 2.35. The van der Waals surface area contributed by atoms with E-state index in [0.717, 1.165) is 10.5 Å². The van der Waals surface area contributed by atoms with Crippen molar-refractivity contribution in [3.05, 3.63) is 34.9 Å². The normalized spacial score (nSPS) is 14.9. The van der Waals surface area contributed by atoms with E-state index < -0.39 is 18.5 Å². The van der Waals surface area contributed by atoms with Crippen LogP contribution < -0.4 is 0 Å². The molecule has 72 valence electrons. The molecular weight excluding hydrogens is 182 g/mol. The third-order valence-corrected chi connectivity index (χ3v) is 2.35. The van der Waals surface area contributed by atoms with Gasteiger partial charge in [0.2, 0.25) is 0 Å². The van der Waals surface area contributed by atoms with Crippen LogP contribution >= 0.6 is 0 Å². The minimum atomic E-state index is -0.564. The summed E-state index contributed by atoms with van der Waals surface area (Å²) in [6.45, 7) is 1.21. The number of aliphatic hydroxyl groups is 1. The molecule has 1 heterocycles. The summed E-state index contributed by atoms with van der Waals surface area (Å²) in [4.78, 5) is 24.0. The number of aryl methyl sites for hydroxylation is 1. The molecule has 0 saturated heterocycles. The summed E-state index contributed by atoms with van der Waals surface area (Å²) >= 11 is 0. The number of nitrogens with zero attached hydrogens (tertiary/aromatic N) is 1. The molecule has 0 saturated carbocycles. The van der Waals surface area contributed by atoms with Crippen molar-refractivity contribution in [2.45, 2.75) is 6.92 Å². The molecule has 2 amide bonds. The summed E-state index contributed by atoms with van der Waals surface area (Å²) < 4.78 is 0. The van der Waals surface area contributed by atoms with Gasteiger partial charge in [-0.15, -0.1) is 0 Å². The lowest BCUT2D eigenvalue weighted by molar-refractivity contribution is 0.0490. The molecule has 0 aliphatic carbocycles. The molecule has 0 spiro atoms. The highest BCUT2D eigenvalue weighted by atomic mass is 16.3. The molecule has 4 heteroatoms. The van der Waals surface area contributed by atoms with Gasteiger partial charge in [0.25, 0.3) is 11.8 Å². The molecule has 0 atom stereocenters. The van der Waals surface area contributed by atoms with Crippen molar-refractivity contribution in [1.82, 2.24) is 4.90 Å². The molecule has 1 aliphatic rings. The van der Waals surface area contributed by atoms with Gasteiger partial charge in [0.15, 0.2) is 0 Å². The average Bonchev–Trinajstić information content (AvgIpc) is 2.41. The molecule has 0 unspecified atom stereocenters. The van der Waals surface area contributed by atoms with Crippen LogP contribution in [0.15, 0.2) is 18.2 Å². The molecule has 0 bridgehead atoms. The summed E-state index contributed by atoms with van der Waals surface area (Å²) in [5.74, 6) is -0.832. The smallest absolute Gasteiger partial charge is 0.263 e. The lowest BCUT2D eigenvalue weighted by Gasteiger charge is -2.07. The van der Waals surface area contributed by atoms with Crippen LogP contribution in [0.5, 0.6) is 0 Å². The molecule has 14 heavy (non-hydrogen) atoms. The molecule has 0 radical (unpaired) electrons. The second-order valence-electron chi connectivity index (χ2n) is 3.18. The maximum atomic E-state index is 11.6. The average molecular weight is 191 g/mol. The monoisotopic (exact) mass is 191 g/mol. The van der Waals surface area contributed by atoms with Gasteiger partial charge in [0.1, 0.15) is 6.73 Å². The Hall–Kier alpha value is -1.68. The van der Waals surface area contributed by atoms with E-state index in [9.17, 15) is 9.59 Å². The maximum absolute atomic E-state index is 11.6. The minimum Gasteiger partial charge on any atom is -0.376 e. The van der Waals surface area contributed by atoms with Gasteiger partial charge in [-0.2, -0.15) is 0 Å². The third kappa shape index (κ3) is 0.975. The Bertz CT molecular complexity index is 425. The first-order valence-electron chi connectivity index (χ1n) is 4.23. The number of hydrogen-bond donors (Lipinski definition) is 1. The van der Waals surface area contributed by atoms with Gasteiger partial charge < -0.3 is 5.11 Å². The Kier molecular flexibility index (Phi) is 1.86.